The quantitative estimate of drug-likeness (QED) is 0.108. The van der Waals surface area contributed by atoms with Gasteiger partial charge in [0.15, 0.2) is 0 Å². The van der Waals surface area contributed by atoms with Gasteiger partial charge in [0.25, 0.3) is 0 Å². The third-order valence-corrected chi connectivity index (χ3v) is 10.7. The number of rotatable bonds is 15. The molecular formula is C36H37F2N2O7PS. The van der Waals surface area contributed by atoms with E-state index in [1.165, 1.54) is 49.8 Å². The number of nitrogens with zero attached hydrogens (tertiary/aromatic N) is 1. The molecule has 0 radical (unpaired) electrons. The van der Waals surface area contributed by atoms with Gasteiger partial charge in [-0.1, -0.05) is 0 Å². The second-order valence-electron chi connectivity index (χ2n) is 11.2. The fraction of sp³-hybridized carbons (Fsp3) is 0.222. The summed E-state index contributed by atoms with van der Waals surface area (Å²) in [5, 5.41) is 5.78. The second-order valence-corrected chi connectivity index (χ2v) is 15.2. The summed E-state index contributed by atoms with van der Waals surface area (Å²) in [6.07, 6.45) is 1.48. The summed E-state index contributed by atoms with van der Waals surface area (Å²) in [4.78, 5) is 17.1. The number of anilines is 1. The molecule has 0 aliphatic rings. The third-order valence-electron chi connectivity index (χ3n) is 7.24. The van der Waals surface area contributed by atoms with Crippen LogP contribution in [0.4, 0.5) is 13.9 Å². The average molecular weight is 711 g/mol. The number of hydrogen-bond donors (Lipinski definition) is 1. The van der Waals surface area contributed by atoms with E-state index in [4.69, 9.17) is 28.0 Å². The van der Waals surface area contributed by atoms with Crippen LogP contribution in [0, 0.1) is 11.6 Å². The normalized spacial score (nSPS) is 11.7. The molecule has 49 heavy (non-hydrogen) atoms. The molecule has 5 rings (SSSR count). The number of methoxy groups -OCH3 is 2. The topological polar surface area (TPSA) is 97.4 Å². The Morgan fingerprint density at radius 2 is 1.41 bits per heavy atom. The van der Waals surface area contributed by atoms with E-state index in [0.717, 1.165) is 5.30 Å². The number of nitrogens with one attached hydrogen (secondary N) is 1. The first-order valence-corrected chi connectivity index (χ1v) is 18.5. The van der Waals surface area contributed by atoms with Gasteiger partial charge in [0.1, 0.15) is 0 Å². The minimum absolute atomic E-state index is 0.0628. The van der Waals surface area contributed by atoms with E-state index in [-0.39, 0.29) is 36.7 Å². The number of aromatic nitrogens is 1. The van der Waals surface area contributed by atoms with Crippen LogP contribution in [-0.4, -0.2) is 37.9 Å². The Hall–Kier alpha value is -4.61. The Bertz CT molecular complexity index is 1820. The summed E-state index contributed by atoms with van der Waals surface area (Å²) >= 11 is 1.31. The zero-order chi connectivity index (χ0) is 35.0. The minimum atomic E-state index is -3.21. The summed E-state index contributed by atoms with van der Waals surface area (Å²) in [6, 6.07) is 21.4. The molecule has 0 aliphatic carbocycles. The number of halogens is 2. The predicted octanol–water partition coefficient (Wildman–Crippen LogP) is 8.54. The summed E-state index contributed by atoms with van der Waals surface area (Å²) in [5.41, 5.74) is 1.52. The number of thiazole rings is 1. The molecule has 1 amide bonds. The van der Waals surface area contributed by atoms with Crippen LogP contribution >= 0.6 is 19.1 Å². The number of carbonyl (C=O) groups excluding carboxylic acids is 1. The summed E-state index contributed by atoms with van der Waals surface area (Å²) < 4.78 is 63.8. The molecule has 9 nitrogen and oxygen atoms in total. The van der Waals surface area contributed by atoms with Crippen LogP contribution in [0.15, 0.2) is 90.4 Å². The molecular weight excluding hydrogens is 673 g/mol. The van der Waals surface area contributed by atoms with Crippen molar-refractivity contribution in [2.24, 2.45) is 0 Å². The van der Waals surface area contributed by atoms with E-state index < -0.39 is 19.4 Å². The van der Waals surface area contributed by atoms with Crippen LogP contribution in [0.5, 0.6) is 28.7 Å². The molecule has 0 saturated carbocycles. The summed E-state index contributed by atoms with van der Waals surface area (Å²) in [5.74, 6) is 0.253. The maximum absolute atomic E-state index is 14.4. The predicted molar refractivity (Wildman–Crippen MR) is 188 cm³/mol. The molecule has 0 unspecified atom stereocenters. The summed E-state index contributed by atoms with van der Waals surface area (Å²) in [6.45, 7) is 5.77. The van der Waals surface area contributed by atoms with Gasteiger partial charge in [-0.25, -0.2) is 0 Å². The van der Waals surface area contributed by atoms with Gasteiger partial charge in [0.05, 0.1) is 0 Å². The molecule has 5 aromatic rings. The van der Waals surface area contributed by atoms with Crippen molar-refractivity contribution < 1.29 is 41.6 Å². The van der Waals surface area contributed by atoms with Gasteiger partial charge >= 0.3 is 277 Å². The van der Waals surface area contributed by atoms with Gasteiger partial charge in [0, 0.05) is 11.6 Å². The van der Waals surface area contributed by atoms with E-state index in [9.17, 15) is 13.6 Å². The summed E-state index contributed by atoms with van der Waals surface area (Å²) in [7, 11) is -0.407. The van der Waals surface area contributed by atoms with Crippen LogP contribution in [0.1, 0.15) is 35.3 Å². The Labute approximate surface area is 288 Å². The van der Waals surface area contributed by atoms with E-state index in [1.807, 2.05) is 32.6 Å². The van der Waals surface area contributed by atoms with Crippen molar-refractivity contribution in [2.45, 2.75) is 33.2 Å². The first kappa shape index (κ1) is 35.7. The Balaban J connectivity index is 1.38. The standard InChI is InChI=1S/C36H37F2N2O7PS/c1-23(2)46-28-18-26(35(41)40-36-39-14-15-49-36)19-29(20-28)47-27-8-10-30(11-9-27)48(5,44-21-24-6-12-33(42-3)31(37)16-24)45-22-25-7-13-34(43-4)32(38)17-25/h6-20,23,48H,21-22H2,1-5H3,(H,39,40,41). The van der Waals surface area contributed by atoms with Gasteiger partial charge in [-0.15, -0.1) is 0 Å². The molecule has 1 N–H and O–H groups in total. The first-order valence-electron chi connectivity index (χ1n) is 15.3. The monoisotopic (exact) mass is 710 g/mol. The average Bonchev–Trinajstić information content (AvgIpc) is 3.59. The fourth-order valence-electron chi connectivity index (χ4n) is 4.77. The van der Waals surface area contributed by atoms with Crippen LogP contribution in [0.3, 0.4) is 0 Å². The van der Waals surface area contributed by atoms with Gasteiger partial charge in [-0.2, -0.15) is 0 Å². The van der Waals surface area contributed by atoms with Crippen LogP contribution in [0.2, 0.25) is 0 Å². The van der Waals surface area contributed by atoms with E-state index in [1.54, 1.807) is 54.0 Å². The van der Waals surface area contributed by atoms with Crippen molar-refractivity contribution in [3.05, 3.63) is 119 Å². The molecule has 0 atom stereocenters. The SMILES string of the molecule is COc1ccc(CO[PH](C)(OCc2ccc(OC)c(F)c2)c2ccc(Oc3cc(OC(C)C)cc(C(=O)Nc4nccs4)c3)cc2)cc1F. The van der Waals surface area contributed by atoms with E-state index in [0.29, 0.717) is 39.1 Å². The van der Waals surface area contributed by atoms with Gasteiger partial charge < -0.3 is 0 Å². The Morgan fingerprint density at radius 1 is 0.816 bits per heavy atom. The zero-order valence-corrected chi connectivity index (χ0v) is 29.4. The molecule has 13 heteroatoms. The van der Waals surface area contributed by atoms with Gasteiger partial charge in [-0.3, -0.25) is 0 Å². The van der Waals surface area contributed by atoms with Crippen LogP contribution in [-0.2, 0) is 22.3 Å². The zero-order valence-electron chi connectivity index (χ0n) is 27.6. The molecule has 0 aliphatic heterocycles. The van der Waals surface area contributed by atoms with Crippen molar-refractivity contribution in [3.63, 3.8) is 0 Å². The molecule has 1 heterocycles. The molecule has 4 aromatic carbocycles. The Kier molecular flexibility index (Phi) is 11.8. The Morgan fingerprint density at radius 3 is 1.92 bits per heavy atom. The number of benzene rings is 4. The molecule has 0 spiro atoms. The molecule has 0 saturated heterocycles. The van der Waals surface area contributed by atoms with Crippen molar-refractivity contribution >= 4 is 35.4 Å². The van der Waals surface area contributed by atoms with Crippen molar-refractivity contribution in [1.29, 1.82) is 0 Å². The van der Waals surface area contributed by atoms with E-state index >= 15 is 0 Å². The third kappa shape index (κ3) is 9.51. The molecule has 0 fully saturated rings. The maximum atomic E-state index is 14.4. The van der Waals surface area contributed by atoms with Crippen molar-refractivity contribution in [3.8, 4) is 28.7 Å². The first-order chi connectivity index (χ1) is 23.5. The van der Waals surface area contributed by atoms with Gasteiger partial charge in [0.2, 0.25) is 0 Å². The molecule has 0 bridgehead atoms. The van der Waals surface area contributed by atoms with Gasteiger partial charge in [-0.05, 0) is 0 Å². The molecule has 1 aromatic heterocycles. The number of hydrogen-bond acceptors (Lipinski definition) is 9. The van der Waals surface area contributed by atoms with Crippen molar-refractivity contribution in [2.75, 3.05) is 26.2 Å². The number of carbonyl (C=O) groups is 1. The van der Waals surface area contributed by atoms with Crippen molar-refractivity contribution in [1.82, 2.24) is 4.98 Å². The number of ether oxygens (including phenoxy) is 4. The van der Waals surface area contributed by atoms with Crippen LogP contribution < -0.4 is 29.6 Å². The number of amides is 1. The second kappa shape index (κ2) is 16.2. The molecule has 258 valence electrons. The fourth-order valence-corrected chi connectivity index (χ4v) is 7.36. The van der Waals surface area contributed by atoms with E-state index in [2.05, 4.69) is 10.3 Å². The van der Waals surface area contributed by atoms with Crippen LogP contribution in [0.25, 0.3) is 0 Å².